The van der Waals surface area contributed by atoms with Gasteiger partial charge in [-0.1, -0.05) is 18.2 Å². The topological polar surface area (TPSA) is 52.7 Å². The fourth-order valence-electron chi connectivity index (χ4n) is 2.90. The second kappa shape index (κ2) is 8.91. The molecule has 0 radical (unpaired) electrons. The number of hydrogen-bond acceptors (Lipinski definition) is 4. The highest BCUT2D eigenvalue weighted by Crippen LogP contribution is 2.09. The second-order valence-electron chi connectivity index (χ2n) is 6.32. The number of hydrogen-bond donors (Lipinski definition) is 1. The summed E-state index contributed by atoms with van der Waals surface area (Å²) >= 11 is 1.62. The molecule has 0 saturated carbocycles. The average molecular weight is 375 g/mol. The molecule has 0 bridgehead atoms. The summed E-state index contributed by atoms with van der Waals surface area (Å²) in [6.45, 7) is 3.50. The van der Waals surface area contributed by atoms with Gasteiger partial charge in [-0.15, -0.1) is 11.3 Å². The van der Waals surface area contributed by atoms with E-state index >= 15 is 0 Å². The molecule has 1 saturated heterocycles. The van der Waals surface area contributed by atoms with Crippen LogP contribution in [0.3, 0.4) is 0 Å². The van der Waals surface area contributed by atoms with Gasteiger partial charge >= 0.3 is 0 Å². The SMILES string of the molecule is O=C(CN1CCN(C(=O)Cc2ccc(F)cc2)CC1)NCc1cccs1. The van der Waals surface area contributed by atoms with E-state index in [0.29, 0.717) is 39.3 Å². The fourth-order valence-corrected chi connectivity index (χ4v) is 3.55. The first-order valence-corrected chi connectivity index (χ1v) is 9.52. The molecule has 1 aliphatic heterocycles. The van der Waals surface area contributed by atoms with Gasteiger partial charge < -0.3 is 10.2 Å². The number of nitrogens with one attached hydrogen (secondary N) is 1. The molecule has 7 heteroatoms. The van der Waals surface area contributed by atoms with Gasteiger partial charge in [0.15, 0.2) is 0 Å². The number of rotatable bonds is 6. The highest BCUT2D eigenvalue weighted by molar-refractivity contribution is 7.09. The first-order valence-electron chi connectivity index (χ1n) is 8.64. The molecule has 26 heavy (non-hydrogen) atoms. The number of carbonyl (C=O) groups excluding carboxylic acids is 2. The standard InChI is InChI=1S/C19H22FN3O2S/c20-16-5-3-15(4-6-16)12-19(25)23-9-7-22(8-10-23)14-18(24)21-13-17-2-1-11-26-17/h1-6,11H,7-10,12-14H2,(H,21,24). The summed E-state index contributed by atoms with van der Waals surface area (Å²) in [5.74, 6) is -0.255. The molecule has 5 nitrogen and oxygen atoms in total. The summed E-state index contributed by atoms with van der Waals surface area (Å²) in [5, 5.41) is 4.91. The Hall–Kier alpha value is -2.25. The van der Waals surface area contributed by atoms with Crippen molar-refractivity contribution in [3.8, 4) is 0 Å². The van der Waals surface area contributed by atoms with Gasteiger partial charge in [0.1, 0.15) is 5.82 Å². The zero-order valence-electron chi connectivity index (χ0n) is 14.5. The van der Waals surface area contributed by atoms with Crippen LogP contribution in [-0.2, 0) is 22.6 Å². The van der Waals surface area contributed by atoms with E-state index < -0.39 is 0 Å². The Bertz CT molecular complexity index is 726. The number of carbonyl (C=O) groups is 2. The minimum atomic E-state index is -0.299. The Morgan fingerprint density at radius 1 is 1.08 bits per heavy atom. The number of amides is 2. The predicted octanol–water partition coefficient (Wildman–Crippen LogP) is 1.89. The summed E-state index contributed by atoms with van der Waals surface area (Å²) in [5.41, 5.74) is 0.812. The fraction of sp³-hybridized carbons (Fsp3) is 0.368. The third kappa shape index (κ3) is 5.37. The number of thiophene rings is 1. The van der Waals surface area contributed by atoms with Gasteiger partial charge in [-0.3, -0.25) is 14.5 Å². The van der Waals surface area contributed by atoms with Gasteiger partial charge in [0.2, 0.25) is 11.8 Å². The molecule has 1 aliphatic rings. The van der Waals surface area contributed by atoms with Crippen molar-refractivity contribution in [2.24, 2.45) is 0 Å². The van der Waals surface area contributed by atoms with E-state index in [2.05, 4.69) is 10.2 Å². The van der Waals surface area contributed by atoms with Crippen molar-refractivity contribution >= 4 is 23.2 Å². The lowest BCUT2D eigenvalue weighted by Crippen LogP contribution is -2.51. The van der Waals surface area contributed by atoms with Crippen LogP contribution < -0.4 is 5.32 Å². The first-order chi connectivity index (χ1) is 12.6. The van der Waals surface area contributed by atoms with Crippen LogP contribution in [0.25, 0.3) is 0 Å². The molecular weight excluding hydrogens is 353 g/mol. The smallest absolute Gasteiger partial charge is 0.234 e. The summed E-state index contributed by atoms with van der Waals surface area (Å²) in [6.07, 6.45) is 0.279. The molecule has 3 rings (SSSR count). The molecule has 0 atom stereocenters. The van der Waals surface area contributed by atoms with E-state index in [0.717, 1.165) is 10.4 Å². The quantitative estimate of drug-likeness (QED) is 0.839. The minimum Gasteiger partial charge on any atom is -0.350 e. The van der Waals surface area contributed by atoms with Crippen molar-refractivity contribution in [1.29, 1.82) is 0 Å². The van der Waals surface area contributed by atoms with Crippen LogP contribution in [0, 0.1) is 5.82 Å². The monoisotopic (exact) mass is 375 g/mol. The van der Waals surface area contributed by atoms with Crippen LogP contribution in [0.4, 0.5) is 4.39 Å². The average Bonchev–Trinajstić information content (AvgIpc) is 3.16. The normalized spacial score (nSPS) is 15.0. The Labute approximate surface area is 156 Å². The Kier molecular flexibility index (Phi) is 6.35. The number of benzene rings is 1. The summed E-state index contributed by atoms with van der Waals surface area (Å²) in [4.78, 5) is 29.4. The number of halogens is 1. The summed E-state index contributed by atoms with van der Waals surface area (Å²) in [7, 11) is 0. The van der Waals surface area contributed by atoms with Gasteiger partial charge in [0, 0.05) is 31.1 Å². The molecule has 0 unspecified atom stereocenters. The molecule has 1 fully saturated rings. The number of piperazine rings is 1. The van der Waals surface area contributed by atoms with Crippen LogP contribution >= 0.6 is 11.3 Å². The number of nitrogens with zero attached hydrogens (tertiary/aromatic N) is 2. The lowest BCUT2D eigenvalue weighted by atomic mass is 10.1. The van der Waals surface area contributed by atoms with Gasteiger partial charge in [-0.05, 0) is 29.1 Å². The van der Waals surface area contributed by atoms with Crippen molar-refractivity contribution < 1.29 is 14.0 Å². The largest absolute Gasteiger partial charge is 0.350 e. The van der Waals surface area contributed by atoms with Crippen molar-refractivity contribution in [2.75, 3.05) is 32.7 Å². The Morgan fingerprint density at radius 2 is 1.81 bits per heavy atom. The van der Waals surface area contributed by atoms with Crippen molar-refractivity contribution in [3.63, 3.8) is 0 Å². The zero-order valence-corrected chi connectivity index (χ0v) is 15.3. The van der Waals surface area contributed by atoms with E-state index in [9.17, 15) is 14.0 Å². The third-order valence-corrected chi connectivity index (χ3v) is 5.28. The molecule has 0 spiro atoms. The summed E-state index contributed by atoms with van der Waals surface area (Å²) in [6, 6.07) is 9.98. The molecule has 2 amide bonds. The Balaban J connectivity index is 1.38. The van der Waals surface area contributed by atoms with Gasteiger partial charge in [0.05, 0.1) is 19.5 Å². The molecule has 0 aliphatic carbocycles. The molecular formula is C19H22FN3O2S. The van der Waals surface area contributed by atoms with E-state index in [1.807, 2.05) is 22.4 Å². The van der Waals surface area contributed by atoms with Crippen LogP contribution in [0.5, 0.6) is 0 Å². The van der Waals surface area contributed by atoms with Gasteiger partial charge in [-0.25, -0.2) is 4.39 Å². The highest BCUT2D eigenvalue weighted by atomic mass is 32.1. The molecule has 1 N–H and O–H groups in total. The van der Waals surface area contributed by atoms with E-state index in [1.54, 1.807) is 23.5 Å². The van der Waals surface area contributed by atoms with Gasteiger partial charge in [0.25, 0.3) is 0 Å². The molecule has 2 aromatic rings. The maximum absolute atomic E-state index is 12.9. The van der Waals surface area contributed by atoms with Gasteiger partial charge in [-0.2, -0.15) is 0 Å². The van der Waals surface area contributed by atoms with Crippen LogP contribution in [0.1, 0.15) is 10.4 Å². The van der Waals surface area contributed by atoms with E-state index in [1.165, 1.54) is 12.1 Å². The minimum absolute atomic E-state index is 0.00416. The lowest BCUT2D eigenvalue weighted by molar-refractivity contribution is -0.132. The van der Waals surface area contributed by atoms with Crippen molar-refractivity contribution in [2.45, 2.75) is 13.0 Å². The highest BCUT2D eigenvalue weighted by Gasteiger charge is 2.22. The lowest BCUT2D eigenvalue weighted by Gasteiger charge is -2.34. The van der Waals surface area contributed by atoms with Crippen LogP contribution in [0.15, 0.2) is 41.8 Å². The zero-order chi connectivity index (χ0) is 18.4. The predicted molar refractivity (Wildman–Crippen MR) is 99.3 cm³/mol. The third-order valence-electron chi connectivity index (χ3n) is 4.40. The first kappa shape index (κ1) is 18.5. The second-order valence-corrected chi connectivity index (χ2v) is 7.35. The Morgan fingerprint density at radius 3 is 2.46 bits per heavy atom. The van der Waals surface area contributed by atoms with Crippen LogP contribution in [-0.4, -0.2) is 54.3 Å². The maximum atomic E-state index is 12.9. The van der Waals surface area contributed by atoms with Crippen molar-refractivity contribution in [1.82, 2.24) is 15.1 Å². The van der Waals surface area contributed by atoms with Crippen molar-refractivity contribution in [3.05, 3.63) is 58.0 Å². The molecule has 1 aromatic carbocycles. The summed E-state index contributed by atoms with van der Waals surface area (Å²) < 4.78 is 12.9. The maximum Gasteiger partial charge on any atom is 0.234 e. The van der Waals surface area contributed by atoms with E-state index in [4.69, 9.17) is 0 Å². The van der Waals surface area contributed by atoms with Crippen LogP contribution in [0.2, 0.25) is 0 Å². The van der Waals surface area contributed by atoms with E-state index in [-0.39, 0.29) is 24.1 Å². The molecule has 138 valence electrons. The molecule has 2 heterocycles. The molecule has 1 aromatic heterocycles.